The van der Waals surface area contributed by atoms with Gasteiger partial charge >= 0.3 is 0 Å². The maximum atomic E-state index is 14.1. The van der Waals surface area contributed by atoms with Gasteiger partial charge in [-0.25, -0.2) is 8.42 Å². The van der Waals surface area contributed by atoms with Crippen molar-refractivity contribution in [1.82, 2.24) is 10.2 Å². The third-order valence-electron chi connectivity index (χ3n) is 6.75. The van der Waals surface area contributed by atoms with E-state index in [1.54, 1.807) is 12.1 Å². The number of nitrogens with zero attached hydrogens (tertiary/aromatic N) is 2. The summed E-state index contributed by atoms with van der Waals surface area (Å²) in [5.74, 6) is -0.765. The number of hydrogen-bond acceptors (Lipinski definition) is 4. The quantitative estimate of drug-likeness (QED) is 0.309. The van der Waals surface area contributed by atoms with E-state index in [-0.39, 0.29) is 23.4 Å². The largest absolute Gasteiger partial charge is 0.352 e. The number of aryl methyl sites for hydroxylation is 3. The minimum Gasteiger partial charge on any atom is -0.352 e. The lowest BCUT2D eigenvalue weighted by Crippen LogP contribution is -2.53. The van der Waals surface area contributed by atoms with E-state index in [2.05, 4.69) is 5.32 Å². The predicted octanol–water partition coefficient (Wildman–Crippen LogP) is 5.79. The van der Waals surface area contributed by atoms with Crippen molar-refractivity contribution in [2.45, 2.75) is 71.5 Å². The number of benzene rings is 3. The zero-order valence-corrected chi connectivity index (χ0v) is 25.5. The molecule has 9 heteroatoms. The molecule has 0 heterocycles. The second-order valence-corrected chi connectivity index (χ2v) is 12.6. The molecule has 3 rings (SSSR count). The molecule has 0 saturated carbocycles. The van der Waals surface area contributed by atoms with Gasteiger partial charge in [0.25, 0.3) is 10.0 Å². The van der Waals surface area contributed by atoms with Crippen molar-refractivity contribution in [3.05, 3.63) is 94.0 Å². The predicted molar refractivity (Wildman–Crippen MR) is 161 cm³/mol. The lowest BCUT2D eigenvalue weighted by molar-refractivity contribution is -0.140. The highest BCUT2D eigenvalue weighted by molar-refractivity contribution is 7.92. The molecule has 214 valence electrons. The second-order valence-electron chi connectivity index (χ2n) is 10.3. The molecule has 0 saturated heterocycles. The van der Waals surface area contributed by atoms with Gasteiger partial charge in [-0.3, -0.25) is 13.9 Å². The Bertz CT molecular complexity index is 1440. The monoisotopic (exact) mass is 583 g/mol. The SMILES string of the molecule is CC[C@H](C(=O)NC(C)C)N(Cc1ccc(C)cc1)C(=O)CN(c1ccc(C)c(C)c1)S(=O)(=O)c1ccc(Cl)cc1. The molecular formula is C31H38ClN3O4S. The average molecular weight is 584 g/mol. The molecule has 0 aliphatic carbocycles. The first-order valence-corrected chi connectivity index (χ1v) is 15.2. The average Bonchev–Trinajstić information content (AvgIpc) is 2.89. The molecular weight excluding hydrogens is 546 g/mol. The molecule has 40 heavy (non-hydrogen) atoms. The van der Waals surface area contributed by atoms with Gasteiger partial charge in [-0.05, 0) is 94.1 Å². The van der Waals surface area contributed by atoms with Crippen molar-refractivity contribution in [3.63, 3.8) is 0 Å². The Morgan fingerprint density at radius 3 is 2.08 bits per heavy atom. The lowest BCUT2D eigenvalue weighted by atomic mass is 10.1. The van der Waals surface area contributed by atoms with E-state index < -0.39 is 28.5 Å². The van der Waals surface area contributed by atoms with Crippen LogP contribution in [0.5, 0.6) is 0 Å². The summed E-state index contributed by atoms with van der Waals surface area (Å²) in [7, 11) is -4.15. The number of hydrogen-bond donors (Lipinski definition) is 1. The Hall–Kier alpha value is -3.36. The number of halogens is 1. The normalized spacial score (nSPS) is 12.2. The Morgan fingerprint density at radius 2 is 1.52 bits per heavy atom. The first-order valence-electron chi connectivity index (χ1n) is 13.3. The van der Waals surface area contributed by atoms with E-state index in [9.17, 15) is 18.0 Å². The van der Waals surface area contributed by atoms with Crippen LogP contribution in [0.1, 0.15) is 49.4 Å². The Kier molecular flexibility index (Phi) is 10.4. The summed E-state index contributed by atoms with van der Waals surface area (Å²) in [5.41, 5.74) is 4.16. The fraction of sp³-hybridized carbons (Fsp3) is 0.355. The van der Waals surface area contributed by atoms with Gasteiger partial charge in [0.2, 0.25) is 11.8 Å². The molecule has 0 unspecified atom stereocenters. The summed E-state index contributed by atoms with van der Waals surface area (Å²) in [5, 5.41) is 3.31. The standard InChI is InChI=1S/C31H38ClN3O4S/c1-7-29(31(37)33-21(2)3)34(19-25-11-8-22(4)9-12-25)30(36)20-35(27-15-10-23(5)24(6)18-27)40(38,39)28-16-13-26(32)14-17-28/h8-18,21,29H,7,19-20H2,1-6H3,(H,33,37)/t29-/m1/s1. The van der Waals surface area contributed by atoms with Gasteiger partial charge in [-0.2, -0.15) is 0 Å². The minimum atomic E-state index is -4.15. The smallest absolute Gasteiger partial charge is 0.264 e. The summed E-state index contributed by atoms with van der Waals surface area (Å²) >= 11 is 6.02. The highest BCUT2D eigenvalue weighted by Crippen LogP contribution is 2.27. The van der Waals surface area contributed by atoms with E-state index in [4.69, 9.17) is 11.6 Å². The summed E-state index contributed by atoms with van der Waals surface area (Å²) in [6, 6.07) is 17.9. The van der Waals surface area contributed by atoms with Crippen LogP contribution in [0.3, 0.4) is 0 Å². The molecule has 0 aliphatic rings. The van der Waals surface area contributed by atoms with Gasteiger partial charge in [-0.15, -0.1) is 0 Å². The zero-order chi connectivity index (χ0) is 29.6. The van der Waals surface area contributed by atoms with Gasteiger partial charge in [0.1, 0.15) is 12.6 Å². The molecule has 0 spiro atoms. The lowest BCUT2D eigenvalue weighted by Gasteiger charge is -2.33. The number of amides is 2. The van der Waals surface area contributed by atoms with Crippen LogP contribution in [-0.2, 0) is 26.2 Å². The van der Waals surface area contributed by atoms with Gasteiger partial charge in [-0.1, -0.05) is 54.4 Å². The number of carbonyl (C=O) groups is 2. The molecule has 0 bridgehead atoms. The van der Waals surface area contributed by atoms with Gasteiger partial charge in [0.05, 0.1) is 10.6 Å². The Morgan fingerprint density at radius 1 is 0.900 bits per heavy atom. The van der Waals surface area contributed by atoms with Crippen molar-refractivity contribution >= 4 is 39.1 Å². The number of sulfonamides is 1. The summed E-state index contributed by atoms with van der Waals surface area (Å²) in [6.45, 7) is 11.0. The first kappa shape index (κ1) is 31.2. The summed E-state index contributed by atoms with van der Waals surface area (Å²) in [6.07, 6.45) is 0.365. The first-order chi connectivity index (χ1) is 18.8. The van der Waals surface area contributed by atoms with Gasteiger partial charge in [0.15, 0.2) is 0 Å². The molecule has 3 aromatic rings. The van der Waals surface area contributed by atoms with Crippen LogP contribution in [0.15, 0.2) is 71.6 Å². The molecule has 0 fully saturated rings. The van der Waals surface area contributed by atoms with Crippen LogP contribution in [0.4, 0.5) is 5.69 Å². The van der Waals surface area contributed by atoms with Gasteiger partial charge in [0, 0.05) is 17.6 Å². The van der Waals surface area contributed by atoms with Gasteiger partial charge < -0.3 is 10.2 Å². The summed E-state index contributed by atoms with van der Waals surface area (Å²) in [4.78, 5) is 28.8. The van der Waals surface area contributed by atoms with Crippen LogP contribution in [0.25, 0.3) is 0 Å². The van der Waals surface area contributed by atoms with E-state index >= 15 is 0 Å². The fourth-order valence-electron chi connectivity index (χ4n) is 4.33. The number of rotatable bonds is 11. The minimum absolute atomic E-state index is 0.0117. The molecule has 2 amide bonds. The van der Waals surface area contributed by atoms with Crippen molar-refractivity contribution in [3.8, 4) is 0 Å². The molecule has 1 N–H and O–H groups in total. The van der Waals surface area contributed by atoms with Crippen LogP contribution < -0.4 is 9.62 Å². The molecule has 0 aliphatic heterocycles. The van der Waals surface area contributed by atoms with Crippen molar-refractivity contribution in [1.29, 1.82) is 0 Å². The highest BCUT2D eigenvalue weighted by atomic mass is 35.5. The maximum absolute atomic E-state index is 14.1. The third kappa shape index (κ3) is 7.64. The summed E-state index contributed by atoms with van der Waals surface area (Å²) < 4.78 is 29.0. The third-order valence-corrected chi connectivity index (χ3v) is 8.79. The number of carbonyl (C=O) groups excluding carboxylic acids is 2. The topological polar surface area (TPSA) is 86.8 Å². The molecule has 3 aromatic carbocycles. The van der Waals surface area contributed by atoms with Crippen molar-refractivity contribution in [2.75, 3.05) is 10.8 Å². The number of nitrogens with one attached hydrogen (secondary N) is 1. The zero-order valence-electron chi connectivity index (χ0n) is 23.9. The fourth-order valence-corrected chi connectivity index (χ4v) is 5.87. The van der Waals surface area contributed by atoms with E-state index in [1.807, 2.05) is 71.9 Å². The molecule has 7 nitrogen and oxygen atoms in total. The van der Waals surface area contributed by atoms with E-state index in [0.29, 0.717) is 17.1 Å². The van der Waals surface area contributed by atoms with Crippen LogP contribution in [0.2, 0.25) is 5.02 Å². The Balaban J connectivity index is 2.08. The highest BCUT2D eigenvalue weighted by Gasteiger charge is 2.34. The van der Waals surface area contributed by atoms with E-state index in [0.717, 1.165) is 26.6 Å². The Labute approximate surface area is 243 Å². The number of anilines is 1. The van der Waals surface area contributed by atoms with Crippen molar-refractivity contribution < 1.29 is 18.0 Å². The van der Waals surface area contributed by atoms with Crippen LogP contribution in [0, 0.1) is 20.8 Å². The molecule has 0 radical (unpaired) electrons. The maximum Gasteiger partial charge on any atom is 0.264 e. The van der Waals surface area contributed by atoms with Crippen LogP contribution >= 0.6 is 11.6 Å². The molecule has 0 aromatic heterocycles. The molecule has 1 atom stereocenters. The van der Waals surface area contributed by atoms with Crippen LogP contribution in [-0.4, -0.2) is 43.8 Å². The van der Waals surface area contributed by atoms with E-state index in [1.165, 1.54) is 29.2 Å². The second kappa shape index (κ2) is 13.3. The van der Waals surface area contributed by atoms with Crippen molar-refractivity contribution in [2.24, 2.45) is 0 Å².